The quantitative estimate of drug-likeness (QED) is 0.176. The lowest BCUT2D eigenvalue weighted by molar-refractivity contribution is 0.568. The van der Waals surface area contributed by atoms with E-state index in [9.17, 15) is 0 Å². The molecule has 0 atom stereocenters. The number of rotatable bonds is 3. The molecular formula is C50H61N. The molecule has 0 radical (unpaired) electrons. The van der Waals surface area contributed by atoms with Crippen molar-refractivity contribution in [3.63, 3.8) is 0 Å². The minimum Gasteiger partial charge on any atom is -0.308 e. The van der Waals surface area contributed by atoms with Crippen molar-refractivity contribution in [3.05, 3.63) is 125 Å². The van der Waals surface area contributed by atoms with Gasteiger partial charge in [-0.1, -0.05) is 189 Å². The molecule has 6 rings (SSSR count). The lowest BCUT2D eigenvalue weighted by Crippen LogP contribution is -2.19. The second kappa shape index (κ2) is 12.3. The Kier molecular flexibility index (Phi) is 8.81. The monoisotopic (exact) mass is 675 g/mol. The molecule has 0 saturated heterocycles. The zero-order valence-electron chi connectivity index (χ0n) is 34.2. The first kappa shape index (κ1) is 36.7. The van der Waals surface area contributed by atoms with Gasteiger partial charge in [-0.25, -0.2) is 0 Å². The van der Waals surface area contributed by atoms with Crippen LogP contribution < -0.4 is 0 Å². The van der Waals surface area contributed by atoms with Crippen LogP contribution in [0.25, 0.3) is 49.7 Å². The van der Waals surface area contributed by atoms with Crippen molar-refractivity contribution < 1.29 is 0 Å². The van der Waals surface area contributed by atoms with Crippen LogP contribution in [0.3, 0.4) is 0 Å². The minimum absolute atomic E-state index is 0.0256. The molecule has 1 heteroatoms. The smallest absolute Gasteiger partial charge is 0.0619 e. The van der Waals surface area contributed by atoms with E-state index in [4.69, 9.17) is 0 Å². The van der Waals surface area contributed by atoms with Crippen LogP contribution in [0.2, 0.25) is 0 Å². The van der Waals surface area contributed by atoms with E-state index >= 15 is 0 Å². The third-order valence-electron chi connectivity index (χ3n) is 10.7. The normalized spacial score (nSPS) is 13.4. The summed E-state index contributed by atoms with van der Waals surface area (Å²) in [6, 6.07) is 37.5. The van der Waals surface area contributed by atoms with Crippen LogP contribution in [-0.4, -0.2) is 4.57 Å². The van der Waals surface area contributed by atoms with Crippen LogP contribution in [0.4, 0.5) is 0 Å². The molecule has 1 aromatic heterocycles. The number of hydrogen-bond acceptors (Lipinski definition) is 0. The van der Waals surface area contributed by atoms with Crippen LogP contribution in [0, 0.1) is 0 Å². The largest absolute Gasteiger partial charge is 0.308 e. The Morgan fingerprint density at radius 1 is 0.373 bits per heavy atom. The van der Waals surface area contributed by atoms with Gasteiger partial charge in [0, 0.05) is 16.3 Å². The zero-order chi connectivity index (χ0) is 37.5. The van der Waals surface area contributed by atoms with Crippen LogP contribution >= 0.6 is 0 Å². The minimum atomic E-state index is -0.135. The highest BCUT2D eigenvalue weighted by Gasteiger charge is 2.29. The van der Waals surface area contributed by atoms with Crippen LogP contribution in [0.1, 0.15) is 132 Å². The van der Waals surface area contributed by atoms with E-state index in [2.05, 4.69) is 205 Å². The SMILES string of the molecule is CC(C)(C)c1cc(-c2cccc(-n3c4ccccc4c4cccc(-c5cc(C(C)(C)C)cc(C(C)(C)C)c5)c43)c2C(C)(C)C)cc(C(C)(C)C)c1. The lowest BCUT2D eigenvalue weighted by atomic mass is 9.76. The molecule has 0 aliphatic rings. The maximum atomic E-state index is 2.59. The molecule has 0 N–H and O–H groups in total. The summed E-state index contributed by atoms with van der Waals surface area (Å²) in [5.41, 5.74) is 15.8. The molecule has 0 unspecified atom stereocenters. The molecule has 0 bridgehead atoms. The summed E-state index contributed by atoms with van der Waals surface area (Å²) in [5.74, 6) is 0. The summed E-state index contributed by atoms with van der Waals surface area (Å²) in [6.07, 6.45) is 0. The van der Waals surface area contributed by atoms with E-state index < -0.39 is 0 Å². The maximum Gasteiger partial charge on any atom is 0.0619 e. The average Bonchev–Trinajstić information content (AvgIpc) is 3.36. The molecule has 0 amide bonds. The molecule has 0 aliphatic heterocycles. The molecule has 1 nitrogen and oxygen atoms in total. The Hall–Kier alpha value is -4.10. The first-order valence-electron chi connectivity index (χ1n) is 19.0. The van der Waals surface area contributed by atoms with E-state index in [-0.39, 0.29) is 27.1 Å². The van der Waals surface area contributed by atoms with Crippen LogP contribution in [0.5, 0.6) is 0 Å². The van der Waals surface area contributed by atoms with Crippen LogP contribution in [-0.2, 0) is 27.1 Å². The van der Waals surface area contributed by atoms with Crippen molar-refractivity contribution in [2.24, 2.45) is 0 Å². The Morgan fingerprint density at radius 3 is 1.25 bits per heavy atom. The van der Waals surface area contributed by atoms with Gasteiger partial charge in [-0.15, -0.1) is 0 Å². The maximum absolute atomic E-state index is 2.59. The Morgan fingerprint density at radius 2 is 0.784 bits per heavy atom. The molecule has 0 spiro atoms. The molecule has 0 aliphatic carbocycles. The third-order valence-corrected chi connectivity index (χ3v) is 10.7. The number of para-hydroxylation sites is 2. The highest BCUT2D eigenvalue weighted by Crippen LogP contribution is 2.45. The van der Waals surface area contributed by atoms with Crippen LogP contribution in [0.15, 0.2) is 97.1 Å². The van der Waals surface area contributed by atoms with E-state index in [1.165, 1.54) is 77.6 Å². The Balaban J connectivity index is 1.76. The van der Waals surface area contributed by atoms with Gasteiger partial charge in [0.25, 0.3) is 0 Å². The van der Waals surface area contributed by atoms with E-state index in [0.717, 1.165) is 0 Å². The van der Waals surface area contributed by atoms with Crippen molar-refractivity contribution in [1.29, 1.82) is 0 Å². The highest BCUT2D eigenvalue weighted by molar-refractivity contribution is 6.14. The summed E-state index contributed by atoms with van der Waals surface area (Å²) in [7, 11) is 0. The first-order valence-corrected chi connectivity index (χ1v) is 19.0. The summed E-state index contributed by atoms with van der Waals surface area (Å²) < 4.78 is 2.59. The first-order chi connectivity index (χ1) is 23.5. The lowest BCUT2D eigenvalue weighted by Gasteiger charge is -2.30. The van der Waals surface area contributed by atoms with Gasteiger partial charge in [0.2, 0.25) is 0 Å². The zero-order valence-corrected chi connectivity index (χ0v) is 34.2. The van der Waals surface area contributed by atoms with Gasteiger partial charge < -0.3 is 4.57 Å². The van der Waals surface area contributed by atoms with Crippen molar-refractivity contribution in [1.82, 2.24) is 4.57 Å². The number of hydrogen-bond donors (Lipinski definition) is 0. The summed E-state index contributed by atoms with van der Waals surface area (Å²) in [4.78, 5) is 0. The summed E-state index contributed by atoms with van der Waals surface area (Å²) in [6.45, 7) is 35.1. The third kappa shape index (κ3) is 6.94. The van der Waals surface area contributed by atoms with Gasteiger partial charge in [-0.05, 0) is 83.7 Å². The van der Waals surface area contributed by atoms with E-state index in [1.54, 1.807) is 0 Å². The van der Waals surface area contributed by atoms with Crippen molar-refractivity contribution in [3.8, 4) is 27.9 Å². The fourth-order valence-corrected chi connectivity index (χ4v) is 7.56. The van der Waals surface area contributed by atoms with Gasteiger partial charge in [-0.3, -0.25) is 0 Å². The molecule has 0 saturated carbocycles. The Labute approximate surface area is 309 Å². The number of benzene rings is 5. The van der Waals surface area contributed by atoms with Gasteiger partial charge in [0.1, 0.15) is 0 Å². The fraction of sp³-hybridized carbons (Fsp3) is 0.400. The highest BCUT2D eigenvalue weighted by atomic mass is 15.0. The van der Waals surface area contributed by atoms with Gasteiger partial charge >= 0.3 is 0 Å². The standard InChI is InChI=1S/C50H61N/c1-46(2,3)34-26-32(27-35(30-34)47(4,5)6)38-21-19-25-43(44(38)50(13,14)15)51-42-24-17-16-20-40(42)41-23-18-22-39(45(41)51)33-28-36(48(7,8)9)31-37(29-33)49(10,11)12/h16-31H,1-15H3. The molecule has 266 valence electrons. The second-order valence-electron chi connectivity index (χ2n) is 20.1. The van der Waals surface area contributed by atoms with Crippen molar-refractivity contribution in [2.45, 2.75) is 131 Å². The van der Waals surface area contributed by atoms with Gasteiger partial charge in [0.15, 0.2) is 0 Å². The molecular weight excluding hydrogens is 615 g/mol. The molecule has 51 heavy (non-hydrogen) atoms. The summed E-state index contributed by atoms with van der Waals surface area (Å²) in [5, 5.41) is 2.57. The molecule has 1 heterocycles. The average molecular weight is 676 g/mol. The second-order valence-corrected chi connectivity index (χ2v) is 20.1. The number of nitrogens with zero attached hydrogens (tertiary/aromatic N) is 1. The fourth-order valence-electron chi connectivity index (χ4n) is 7.56. The molecule has 0 fully saturated rings. The topological polar surface area (TPSA) is 4.93 Å². The predicted octanol–water partition coefficient (Wildman–Crippen LogP) is 14.6. The number of aromatic nitrogens is 1. The number of fused-ring (bicyclic) bond motifs is 3. The Bertz CT molecular complexity index is 2190. The molecule has 6 aromatic rings. The van der Waals surface area contributed by atoms with Gasteiger partial charge in [-0.2, -0.15) is 0 Å². The summed E-state index contributed by atoms with van der Waals surface area (Å²) >= 11 is 0. The van der Waals surface area contributed by atoms with E-state index in [0.29, 0.717) is 0 Å². The van der Waals surface area contributed by atoms with E-state index in [1.807, 2.05) is 0 Å². The van der Waals surface area contributed by atoms with Crippen molar-refractivity contribution in [2.75, 3.05) is 0 Å². The molecule has 5 aromatic carbocycles. The van der Waals surface area contributed by atoms with Gasteiger partial charge in [0.05, 0.1) is 16.7 Å². The van der Waals surface area contributed by atoms with Crippen molar-refractivity contribution >= 4 is 21.8 Å². The predicted molar refractivity (Wildman–Crippen MR) is 225 cm³/mol.